The van der Waals surface area contributed by atoms with Crippen LogP contribution in [0.25, 0.3) is 10.2 Å². The Balaban J connectivity index is 1.87. The quantitative estimate of drug-likeness (QED) is 0.623. The highest BCUT2D eigenvalue weighted by Crippen LogP contribution is 2.35. The number of rotatable bonds is 5. The summed E-state index contributed by atoms with van der Waals surface area (Å²) in [6, 6.07) is 0. The third-order valence-corrected chi connectivity index (χ3v) is 5.50. The van der Waals surface area contributed by atoms with Crippen molar-refractivity contribution in [3.05, 3.63) is 27.1 Å². The van der Waals surface area contributed by atoms with Gasteiger partial charge < -0.3 is 4.74 Å². The lowest BCUT2D eigenvalue weighted by Crippen LogP contribution is -2.26. The molecule has 124 valence electrons. The number of aryl methyl sites for hydroxylation is 1. The molecule has 23 heavy (non-hydrogen) atoms. The van der Waals surface area contributed by atoms with E-state index in [9.17, 15) is 9.59 Å². The van der Waals surface area contributed by atoms with Gasteiger partial charge in [-0.3, -0.25) is 14.2 Å². The van der Waals surface area contributed by atoms with Crippen molar-refractivity contribution in [2.75, 3.05) is 6.61 Å². The Morgan fingerprint density at radius 1 is 1.52 bits per heavy atom. The fourth-order valence-electron chi connectivity index (χ4n) is 2.99. The minimum atomic E-state index is -0.376. The van der Waals surface area contributed by atoms with Crippen LogP contribution in [0.2, 0.25) is 0 Å². The van der Waals surface area contributed by atoms with Gasteiger partial charge in [-0.15, -0.1) is 11.3 Å². The second-order valence-electron chi connectivity index (χ2n) is 6.28. The van der Waals surface area contributed by atoms with Crippen molar-refractivity contribution < 1.29 is 9.53 Å². The molecule has 2 aromatic rings. The minimum Gasteiger partial charge on any atom is -0.464 e. The SMILES string of the molecule is CCCCOC(=O)Cn1cnc2sc3c(c2c1=O)CCC(C)C3. The number of esters is 1. The number of carbonyl (C=O) groups is 1. The van der Waals surface area contributed by atoms with Crippen molar-refractivity contribution in [1.29, 1.82) is 0 Å². The Morgan fingerprint density at radius 2 is 2.35 bits per heavy atom. The summed E-state index contributed by atoms with van der Waals surface area (Å²) < 4.78 is 6.51. The molecule has 0 saturated carbocycles. The van der Waals surface area contributed by atoms with Crippen LogP contribution in [-0.4, -0.2) is 22.1 Å². The fraction of sp³-hybridized carbons (Fsp3) is 0.588. The number of unbranched alkanes of at least 4 members (excludes halogenated alkanes) is 1. The predicted molar refractivity (Wildman–Crippen MR) is 90.9 cm³/mol. The number of carbonyl (C=O) groups excluding carboxylic acids is 1. The van der Waals surface area contributed by atoms with E-state index in [1.54, 1.807) is 11.3 Å². The van der Waals surface area contributed by atoms with Crippen molar-refractivity contribution in [2.45, 2.75) is 52.5 Å². The molecule has 0 amide bonds. The van der Waals surface area contributed by atoms with Gasteiger partial charge in [0, 0.05) is 4.88 Å². The summed E-state index contributed by atoms with van der Waals surface area (Å²) in [5.41, 5.74) is 1.03. The second kappa shape index (κ2) is 6.83. The van der Waals surface area contributed by atoms with Gasteiger partial charge in [-0.25, -0.2) is 4.98 Å². The molecule has 0 spiro atoms. The van der Waals surface area contributed by atoms with Crippen LogP contribution in [0.15, 0.2) is 11.1 Å². The van der Waals surface area contributed by atoms with Crippen molar-refractivity contribution in [1.82, 2.24) is 9.55 Å². The number of hydrogen-bond donors (Lipinski definition) is 0. The van der Waals surface area contributed by atoms with Crippen molar-refractivity contribution in [3.63, 3.8) is 0 Å². The van der Waals surface area contributed by atoms with E-state index < -0.39 is 0 Å². The normalized spacial score (nSPS) is 17.2. The maximum Gasteiger partial charge on any atom is 0.326 e. The molecule has 5 nitrogen and oxygen atoms in total. The standard InChI is InChI=1S/C17H22N2O3S/c1-3-4-7-22-14(20)9-19-10-18-16-15(17(19)21)12-6-5-11(2)8-13(12)23-16/h10-11H,3-9H2,1-2H3. The first kappa shape index (κ1) is 16.2. The van der Waals surface area contributed by atoms with Gasteiger partial charge >= 0.3 is 5.97 Å². The number of ether oxygens (including phenoxy) is 1. The molecule has 0 radical (unpaired) electrons. The van der Waals surface area contributed by atoms with E-state index in [4.69, 9.17) is 4.74 Å². The zero-order valence-electron chi connectivity index (χ0n) is 13.6. The molecule has 0 N–H and O–H groups in total. The van der Waals surface area contributed by atoms with Crippen molar-refractivity contribution in [2.24, 2.45) is 5.92 Å². The first-order chi connectivity index (χ1) is 11.1. The average molecular weight is 334 g/mol. The molecule has 3 rings (SSSR count). The van der Waals surface area contributed by atoms with Gasteiger partial charge in [0.2, 0.25) is 0 Å². The third kappa shape index (κ3) is 3.32. The Bertz CT molecular complexity index is 778. The zero-order valence-corrected chi connectivity index (χ0v) is 14.4. The van der Waals surface area contributed by atoms with Crippen molar-refractivity contribution in [3.8, 4) is 0 Å². The molecule has 0 aromatic carbocycles. The lowest BCUT2D eigenvalue weighted by molar-refractivity contribution is -0.144. The van der Waals surface area contributed by atoms with Crippen LogP contribution < -0.4 is 5.56 Å². The smallest absolute Gasteiger partial charge is 0.326 e. The maximum atomic E-state index is 12.7. The van der Waals surface area contributed by atoms with E-state index in [2.05, 4.69) is 11.9 Å². The molecule has 0 bridgehead atoms. The maximum absolute atomic E-state index is 12.7. The number of thiophene rings is 1. The van der Waals surface area contributed by atoms with Crippen LogP contribution in [0.5, 0.6) is 0 Å². The molecule has 6 heteroatoms. The molecular weight excluding hydrogens is 312 g/mol. The monoisotopic (exact) mass is 334 g/mol. The van der Waals surface area contributed by atoms with Gasteiger partial charge in [0.1, 0.15) is 11.4 Å². The molecule has 2 aromatic heterocycles. The van der Waals surface area contributed by atoms with Gasteiger partial charge in [0.05, 0.1) is 18.3 Å². The van der Waals surface area contributed by atoms with Gasteiger partial charge in [0.15, 0.2) is 0 Å². The summed E-state index contributed by atoms with van der Waals surface area (Å²) in [6.07, 6.45) is 6.34. The molecule has 0 aliphatic heterocycles. The Morgan fingerprint density at radius 3 is 3.13 bits per heavy atom. The predicted octanol–water partition coefficient (Wildman–Crippen LogP) is 2.93. The molecule has 0 saturated heterocycles. The van der Waals surface area contributed by atoms with Gasteiger partial charge in [0.25, 0.3) is 5.56 Å². The van der Waals surface area contributed by atoms with E-state index in [0.717, 1.165) is 42.5 Å². The van der Waals surface area contributed by atoms with Gasteiger partial charge in [-0.2, -0.15) is 0 Å². The molecule has 1 atom stereocenters. The number of fused-ring (bicyclic) bond motifs is 3. The summed E-state index contributed by atoms with van der Waals surface area (Å²) in [6.45, 7) is 4.63. The zero-order chi connectivity index (χ0) is 16.4. The topological polar surface area (TPSA) is 61.2 Å². The highest BCUT2D eigenvalue weighted by atomic mass is 32.1. The summed E-state index contributed by atoms with van der Waals surface area (Å²) in [7, 11) is 0. The van der Waals surface area contributed by atoms with Crippen LogP contribution in [-0.2, 0) is 28.9 Å². The van der Waals surface area contributed by atoms with E-state index in [0.29, 0.717) is 17.9 Å². The number of hydrogen-bond acceptors (Lipinski definition) is 5. The van der Waals surface area contributed by atoms with Crippen LogP contribution in [0.3, 0.4) is 0 Å². The van der Waals surface area contributed by atoms with Crippen LogP contribution in [0.4, 0.5) is 0 Å². The van der Waals surface area contributed by atoms with Crippen molar-refractivity contribution >= 4 is 27.5 Å². The Kier molecular flexibility index (Phi) is 4.80. The molecule has 1 unspecified atom stereocenters. The van der Waals surface area contributed by atoms with Gasteiger partial charge in [-0.05, 0) is 37.2 Å². The van der Waals surface area contributed by atoms with E-state index >= 15 is 0 Å². The summed E-state index contributed by atoms with van der Waals surface area (Å²) in [5.74, 6) is 0.283. The fourth-order valence-corrected chi connectivity index (χ4v) is 4.33. The number of aromatic nitrogens is 2. The third-order valence-electron chi connectivity index (χ3n) is 4.34. The van der Waals surface area contributed by atoms with Crippen LogP contribution in [0, 0.1) is 5.92 Å². The summed E-state index contributed by atoms with van der Waals surface area (Å²) >= 11 is 1.62. The molecule has 1 aliphatic rings. The number of nitrogens with zero attached hydrogens (tertiary/aromatic N) is 2. The van der Waals surface area contributed by atoms with E-state index in [-0.39, 0.29) is 18.1 Å². The largest absolute Gasteiger partial charge is 0.464 e. The highest BCUT2D eigenvalue weighted by molar-refractivity contribution is 7.18. The van der Waals surface area contributed by atoms with E-state index in [1.165, 1.54) is 15.8 Å². The first-order valence-electron chi connectivity index (χ1n) is 8.25. The summed E-state index contributed by atoms with van der Waals surface area (Å²) in [5, 5.41) is 0.709. The van der Waals surface area contributed by atoms with Gasteiger partial charge in [-0.1, -0.05) is 20.3 Å². The lowest BCUT2D eigenvalue weighted by atomic mass is 9.89. The lowest BCUT2D eigenvalue weighted by Gasteiger charge is -2.17. The Labute approximate surface area is 139 Å². The average Bonchev–Trinajstić information content (AvgIpc) is 2.88. The first-order valence-corrected chi connectivity index (χ1v) is 9.07. The highest BCUT2D eigenvalue weighted by Gasteiger charge is 2.23. The van der Waals surface area contributed by atoms with E-state index in [1.807, 2.05) is 6.92 Å². The molecule has 1 aliphatic carbocycles. The minimum absolute atomic E-state index is 0.0630. The van der Waals surface area contributed by atoms with Crippen LogP contribution >= 0.6 is 11.3 Å². The molecule has 2 heterocycles. The Hall–Kier alpha value is -1.69. The molecule has 0 fully saturated rings. The van der Waals surface area contributed by atoms with Crippen LogP contribution in [0.1, 0.15) is 43.6 Å². The summed E-state index contributed by atoms with van der Waals surface area (Å²) in [4.78, 5) is 31.0. The molecular formula is C17H22N2O3S. The second-order valence-corrected chi connectivity index (χ2v) is 7.37.